The Morgan fingerprint density at radius 1 is 1.19 bits per heavy atom. The maximum atomic E-state index is 15.0. The number of allylic oxidation sites excluding steroid dienone is 2. The first kappa shape index (κ1) is 30.2. The Bertz CT molecular complexity index is 1330. The van der Waals surface area contributed by atoms with Gasteiger partial charge >= 0.3 is 6.18 Å². The Hall–Kier alpha value is -3.27. The number of aliphatic hydroxyl groups excluding tert-OH is 1. The predicted octanol–water partition coefficient (Wildman–Crippen LogP) is 6.67. The molecule has 0 spiro atoms. The van der Waals surface area contributed by atoms with E-state index in [4.69, 9.17) is 4.74 Å². The van der Waals surface area contributed by atoms with Crippen molar-refractivity contribution in [2.75, 3.05) is 13.2 Å². The van der Waals surface area contributed by atoms with Crippen molar-refractivity contribution in [2.45, 2.75) is 82.5 Å². The minimum atomic E-state index is -4.13. The first-order valence-electron chi connectivity index (χ1n) is 14.5. The van der Waals surface area contributed by atoms with Crippen LogP contribution in [-0.2, 0) is 4.79 Å². The molecule has 1 aliphatic heterocycles. The molecule has 5 rings (SSSR count). The number of aldehydes is 1. The van der Waals surface area contributed by atoms with E-state index in [1.165, 1.54) is 17.0 Å². The Morgan fingerprint density at radius 3 is 2.50 bits per heavy atom. The number of β-amino-alcohol motifs (C(OH)–C–C–N with tert-alkyl or cyclic N) is 1. The van der Waals surface area contributed by atoms with Gasteiger partial charge in [-0.05, 0) is 82.1 Å². The summed E-state index contributed by atoms with van der Waals surface area (Å²) < 4.78 is 61.2. The number of likely N-dealkylation sites (tertiary alicyclic amines) is 1. The number of hydrogen-bond donors (Lipinski definition) is 1. The average molecular weight is 589 g/mol. The lowest BCUT2D eigenvalue weighted by atomic mass is 9.65. The molecule has 3 aliphatic rings. The molecule has 226 valence electrons. The molecule has 0 unspecified atom stereocenters. The standard InChI is InChI=1S/C32H36F4N2O4/c1-30(20-39)16-24(40)18-38(30)29(41)26-9-7-23(15-27(26)33)28-10-8-25(17-37-28)42-19-22-5-3-21(4-6-22)11-14-31(12-2-13-31)32(34,35)36/h7-11,15,17,20,22,24,40H,2-6,12-14,16,18-19H2,1H3/t22?,24-,30+/m1/s1. The SMILES string of the molecule is C[C@@]1(C=O)C[C@@H](O)CN1C(=O)c1ccc(-c2ccc(OCC3CCC(=CCC4(C(F)(F)F)CCC4)CC3)cn2)cc1F. The third-order valence-electron chi connectivity index (χ3n) is 9.32. The number of nitrogens with zero attached hydrogens (tertiary/aromatic N) is 2. The number of rotatable bonds is 8. The van der Waals surface area contributed by atoms with E-state index >= 15 is 4.39 Å². The molecular formula is C32H36F4N2O4. The number of amides is 1. The molecular weight excluding hydrogens is 552 g/mol. The van der Waals surface area contributed by atoms with E-state index < -0.39 is 35.0 Å². The van der Waals surface area contributed by atoms with E-state index in [1.54, 1.807) is 31.3 Å². The predicted molar refractivity (Wildman–Crippen MR) is 148 cm³/mol. The van der Waals surface area contributed by atoms with Crippen LogP contribution in [0.25, 0.3) is 11.3 Å². The Balaban J connectivity index is 1.13. The van der Waals surface area contributed by atoms with Crippen LogP contribution in [0.2, 0.25) is 0 Å². The fourth-order valence-electron chi connectivity index (χ4n) is 6.31. The fourth-order valence-corrected chi connectivity index (χ4v) is 6.31. The third kappa shape index (κ3) is 6.09. The van der Waals surface area contributed by atoms with Crippen molar-refractivity contribution in [1.82, 2.24) is 9.88 Å². The number of aliphatic hydroxyl groups is 1. The van der Waals surface area contributed by atoms with Gasteiger partial charge in [0.05, 0.1) is 41.1 Å². The monoisotopic (exact) mass is 588 g/mol. The number of halogens is 4. The van der Waals surface area contributed by atoms with E-state index in [0.717, 1.165) is 31.3 Å². The van der Waals surface area contributed by atoms with Crippen LogP contribution < -0.4 is 4.74 Å². The van der Waals surface area contributed by atoms with Gasteiger partial charge in [0.2, 0.25) is 0 Å². The van der Waals surface area contributed by atoms with Crippen LogP contribution >= 0.6 is 0 Å². The lowest BCUT2D eigenvalue weighted by Crippen LogP contribution is -2.46. The number of hydrogen-bond acceptors (Lipinski definition) is 5. The van der Waals surface area contributed by atoms with Crippen molar-refractivity contribution >= 4 is 12.2 Å². The highest BCUT2D eigenvalue weighted by molar-refractivity contribution is 5.97. The second-order valence-electron chi connectivity index (χ2n) is 12.3. The molecule has 1 aromatic heterocycles. The van der Waals surface area contributed by atoms with Crippen LogP contribution in [0.1, 0.15) is 75.1 Å². The van der Waals surface area contributed by atoms with Crippen LogP contribution in [0.15, 0.2) is 48.2 Å². The number of aromatic nitrogens is 1. The zero-order valence-corrected chi connectivity index (χ0v) is 23.6. The minimum Gasteiger partial charge on any atom is -0.492 e. The second-order valence-corrected chi connectivity index (χ2v) is 12.3. The van der Waals surface area contributed by atoms with Crippen LogP contribution in [0, 0.1) is 17.2 Å². The first-order chi connectivity index (χ1) is 19.9. The van der Waals surface area contributed by atoms with Gasteiger partial charge in [-0.1, -0.05) is 24.1 Å². The maximum Gasteiger partial charge on any atom is 0.394 e. The summed E-state index contributed by atoms with van der Waals surface area (Å²) in [5, 5.41) is 9.95. The molecule has 1 saturated heterocycles. The maximum absolute atomic E-state index is 15.0. The van der Waals surface area contributed by atoms with Crippen LogP contribution in [0.5, 0.6) is 5.75 Å². The van der Waals surface area contributed by atoms with Crippen molar-refractivity contribution < 1.29 is 37.0 Å². The highest BCUT2D eigenvalue weighted by atomic mass is 19.4. The number of carbonyl (C=O) groups is 2. The van der Waals surface area contributed by atoms with E-state index in [1.807, 2.05) is 6.08 Å². The number of carbonyl (C=O) groups excluding carboxylic acids is 2. The van der Waals surface area contributed by atoms with Gasteiger partial charge in [0.1, 0.15) is 17.9 Å². The summed E-state index contributed by atoms with van der Waals surface area (Å²) in [6.07, 6.45) is 3.62. The lowest BCUT2D eigenvalue weighted by Gasteiger charge is -2.43. The summed E-state index contributed by atoms with van der Waals surface area (Å²) in [6, 6.07) is 7.60. The molecule has 2 aromatic rings. The molecule has 2 atom stereocenters. The van der Waals surface area contributed by atoms with E-state index in [2.05, 4.69) is 4.98 Å². The normalized spacial score (nSPS) is 25.6. The minimum absolute atomic E-state index is 0.0421. The van der Waals surface area contributed by atoms with Crippen LogP contribution in [0.4, 0.5) is 17.6 Å². The van der Waals surface area contributed by atoms with Gasteiger partial charge in [0, 0.05) is 18.5 Å². The molecule has 42 heavy (non-hydrogen) atoms. The topological polar surface area (TPSA) is 79.7 Å². The highest BCUT2D eigenvalue weighted by Gasteiger charge is 2.57. The van der Waals surface area contributed by atoms with Crippen LogP contribution in [0.3, 0.4) is 0 Å². The van der Waals surface area contributed by atoms with Gasteiger partial charge in [-0.15, -0.1) is 0 Å². The van der Waals surface area contributed by atoms with Gasteiger partial charge in [-0.2, -0.15) is 13.2 Å². The molecule has 0 bridgehead atoms. The summed E-state index contributed by atoms with van der Waals surface area (Å²) in [7, 11) is 0. The molecule has 1 aromatic carbocycles. The number of benzene rings is 1. The molecule has 2 saturated carbocycles. The van der Waals surface area contributed by atoms with Gasteiger partial charge in [-0.3, -0.25) is 9.78 Å². The van der Waals surface area contributed by atoms with Gasteiger partial charge in [-0.25, -0.2) is 4.39 Å². The number of pyridine rings is 1. The summed E-state index contributed by atoms with van der Waals surface area (Å²) in [4.78, 5) is 30.1. The highest BCUT2D eigenvalue weighted by Crippen LogP contribution is 2.55. The van der Waals surface area contributed by atoms with Gasteiger partial charge < -0.3 is 19.5 Å². The summed E-state index contributed by atoms with van der Waals surface area (Å²) in [5.74, 6) is -0.540. The second kappa shape index (κ2) is 11.8. The quantitative estimate of drug-likeness (QED) is 0.212. The van der Waals surface area contributed by atoms with E-state index in [0.29, 0.717) is 42.2 Å². The Kier molecular flexibility index (Phi) is 8.47. The summed E-state index contributed by atoms with van der Waals surface area (Å²) in [5.41, 5.74) is -0.814. The van der Waals surface area contributed by atoms with E-state index in [9.17, 15) is 27.9 Å². The van der Waals surface area contributed by atoms with Crippen molar-refractivity contribution in [3.05, 3.63) is 59.6 Å². The zero-order valence-electron chi connectivity index (χ0n) is 23.6. The molecule has 10 heteroatoms. The third-order valence-corrected chi connectivity index (χ3v) is 9.32. The smallest absolute Gasteiger partial charge is 0.394 e. The largest absolute Gasteiger partial charge is 0.492 e. The van der Waals surface area contributed by atoms with Crippen molar-refractivity contribution in [2.24, 2.45) is 11.3 Å². The van der Waals surface area contributed by atoms with Gasteiger partial charge in [0.15, 0.2) is 0 Å². The van der Waals surface area contributed by atoms with Crippen molar-refractivity contribution in [3.63, 3.8) is 0 Å². The molecule has 1 N–H and O–H groups in total. The molecule has 3 fully saturated rings. The van der Waals surface area contributed by atoms with Crippen LogP contribution in [-0.4, -0.2) is 58.2 Å². The summed E-state index contributed by atoms with van der Waals surface area (Å²) >= 11 is 0. The average Bonchev–Trinajstić information content (AvgIpc) is 3.25. The number of ether oxygens (including phenoxy) is 1. The van der Waals surface area contributed by atoms with Crippen molar-refractivity contribution in [3.8, 4) is 17.0 Å². The Morgan fingerprint density at radius 2 is 1.93 bits per heavy atom. The first-order valence-corrected chi connectivity index (χ1v) is 14.5. The van der Waals surface area contributed by atoms with E-state index in [-0.39, 0.29) is 37.8 Å². The molecule has 2 aliphatic carbocycles. The molecule has 6 nitrogen and oxygen atoms in total. The fraction of sp³-hybridized carbons (Fsp3) is 0.531. The molecule has 1 amide bonds. The Labute approximate surface area is 242 Å². The summed E-state index contributed by atoms with van der Waals surface area (Å²) in [6.45, 7) is 1.99. The molecule has 2 heterocycles. The molecule has 0 radical (unpaired) electrons. The van der Waals surface area contributed by atoms with Crippen molar-refractivity contribution in [1.29, 1.82) is 0 Å². The van der Waals surface area contributed by atoms with Gasteiger partial charge in [0.25, 0.3) is 5.91 Å². The number of alkyl halides is 3. The zero-order chi connectivity index (χ0) is 30.1. The lowest BCUT2D eigenvalue weighted by molar-refractivity contribution is -0.249.